The molecule has 0 aliphatic rings. The van der Waals surface area contributed by atoms with E-state index >= 15 is 0 Å². The third-order valence-corrected chi connectivity index (χ3v) is 2.83. The summed E-state index contributed by atoms with van der Waals surface area (Å²) in [5.74, 6) is -0.472. The summed E-state index contributed by atoms with van der Waals surface area (Å²) in [6.45, 7) is -2.33. The van der Waals surface area contributed by atoms with E-state index in [0.29, 0.717) is 13.0 Å². The zero-order chi connectivity index (χ0) is 15.0. The van der Waals surface area contributed by atoms with Crippen molar-refractivity contribution in [1.29, 1.82) is 0 Å². The van der Waals surface area contributed by atoms with E-state index in [1.165, 1.54) is 23.1 Å². The van der Waals surface area contributed by atoms with E-state index in [0.717, 1.165) is 12.8 Å². The number of aliphatic hydroxyl groups excluding tert-OH is 1. The summed E-state index contributed by atoms with van der Waals surface area (Å²) in [5, 5.41) is 8.67. The molecule has 4 nitrogen and oxygen atoms in total. The van der Waals surface area contributed by atoms with Gasteiger partial charge in [-0.15, -0.1) is 0 Å². The van der Waals surface area contributed by atoms with Gasteiger partial charge in [-0.2, -0.15) is 8.78 Å². The van der Waals surface area contributed by atoms with E-state index in [4.69, 9.17) is 5.11 Å². The molecular weight excluding hydrogens is 268 g/mol. The van der Waals surface area contributed by atoms with Gasteiger partial charge in [0.2, 0.25) is 0 Å². The van der Waals surface area contributed by atoms with Gasteiger partial charge in [-0.3, -0.25) is 4.79 Å². The van der Waals surface area contributed by atoms with E-state index in [9.17, 15) is 13.6 Å². The Balaban J connectivity index is 2.66. The first-order chi connectivity index (χ1) is 9.56. The number of hydrogen-bond acceptors (Lipinski definition) is 3. The SMILES string of the molecule is CN(CCCCCO)C(=O)c1ccccc1OC(F)F. The van der Waals surface area contributed by atoms with Crippen LogP contribution in [0.3, 0.4) is 0 Å². The number of unbranched alkanes of at least 4 members (excludes halogenated alkanes) is 2. The van der Waals surface area contributed by atoms with E-state index in [1.807, 2.05) is 0 Å². The van der Waals surface area contributed by atoms with Gasteiger partial charge in [0.05, 0.1) is 5.56 Å². The summed E-state index contributed by atoms with van der Waals surface area (Å²) in [4.78, 5) is 13.6. The number of amides is 1. The van der Waals surface area contributed by atoms with Crippen molar-refractivity contribution in [2.24, 2.45) is 0 Å². The number of hydrogen-bond donors (Lipinski definition) is 1. The normalized spacial score (nSPS) is 10.7. The van der Waals surface area contributed by atoms with Crippen LogP contribution in [0.1, 0.15) is 29.6 Å². The van der Waals surface area contributed by atoms with E-state index < -0.39 is 6.61 Å². The second kappa shape index (κ2) is 8.47. The highest BCUT2D eigenvalue weighted by Crippen LogP contribution is 2.21. The minimum atomic E-state index is -2.96. The van der Waals surface area contributed by atoms with Crippen molar-refractivity contribution < 1.29 is 23.4 Å². The van der Waals surface area contributed by atoms with Crippen LogP contribution in [0.25, 0.3) is 0 Å². The molecule has 1 aromatic carbocycles. The molecule has 1 rings (SSSR count). The number of carbonyl (C=O) groups is 1. The Morgan fingerprint density at radius 1 is 1.30 bits per heavy atom. The average molecular weight is 287 g/mol. The lowest BCUT2D eigenvalue weighted by molar-refractivity contribution is -0.0502. The van der Waals surface area contributed by atoms with Gasteiger partial charge in [-0.1, -0.05) is 12.1 Å². The van der Waals surface area contributed by atoms with Crippen LogP contribution < -0.4 is 4.74 Å². The lowest BCUT2D eigenvalue weighted by Gasteiger charge is -2.18. The van der Waals surface area contributed by atoms with Crippen molar-refractivity contribution in [1.82, 2.24) is 4.90 Å². The van der Waals surface area contributed by atoms with Gasteiger partial charge in [0, 0.05) is 20.2 Å². The fraction of sp³-hybridized carbons (Fsp3) is 0.500. The van der Waals surface area contributed by atoms with Crippen molar-refractivity contribution in [2.45, 2.75) is 25.9 Å². The molecule has 0 unspecified atom stereocenters. The highest BCUT2D eigenvalue weighted by atomic mass is 19.3. The first kappa shape index (κ1) is 16.4. The molecule has 0 saturated carbocycles. The Kier molecular flexibility index (Phi) is 6.93. The third kappa shape index (κ3) is 5.13. The number of nitrogens with zero attached hydrogens (tertiary/aromatic N) is 1. The van der Waals surface area contributed by atoms with Crippen LogP contribution in [-0.2, 0) is 0 Å². The molecule has 0 spiro atoms. The molecular formula is C14H19F2NO3. The summed E-state index contributed by atoms with van der Waals surface area (Å²) in [7, 11) is 1.61. The molecule has 6 heteroatoms. The average Bonchev–Trinajstić information content (AvgIpc) is 2.42. The summed E-state index contributed by atoms with van der Waals surface area (Å²) in [6, 6.07) is 5.95. The number of carbonyl (C=O) groups excluding carboxylic acids is 1. The predicted molar refractivity (Wildman–Crippen MR) is 71.0 cm³/mol. The molecule has 0 fully saturated rings. The van der Waals surface area contributed by atoms with E-state index in [-0.39, 0.29) is 23.8 Å². The molecule has 1 N–H and O–H groups in total. The van der Waals surface area contributed by atoms with Gasteiger partial charge in [-0.05, 0) is 31.4 Å². The lowest BCUT2D eigenvalue weighted by Crippen LogP contribution is -2.28. The Morgan fingerprint density at radius 2 is 2.00 bits per heavy atom. The summed E-state index contributed by atoms with van der Waals surface area (Å²) < 4.78 is 28.9. The van der Waals surface area contributed by atoms with Crippen LogP contribution in [0.15, 0.2) is 24.3 Å². The summed E-state index contributed by atoms with van der Waals surface area (Å²) >= 11 is 0. The Labute approximate surface area is 117 Å². The molecule has 0 saturated heterocycles. The van der Waals surface area contributed by atoms with Crippen molar-refractivity contribution in [2.75, 3.05) is 20.2 Å². The predicted octanol–water partition coefficient (Wildman–Crippen LogP) is 2.52. The quantitative estimate of drug-likeness (QED) is 0.747. The van der Waals surface area contributed by atoms with E-state index in [1.54, 1.807) is 13.1 Å². The number of halogens is 2. The molecule has 0 bridgehead atoms. The van der Waals surface area contributed by atoms with Crippen LogP contribution in [0, 0.1) is 0 Å². The molecule has 0 atom stereocenters. The molecule has 1 amide bonds. The zero-order valence-electron chi connectivity index (χ0n) is 11.4. The number of ether oxygens (including phenoxy) is 1. The molecule has 0 aliphatic heterocycles. The van der Waals surface area contributed by atoms with Crippen LogP contribution in [0.5, 0.6) is 5.75 Å². The highest BCUT2D eigenvalue weighted by Gasteiger charge is 2.18. The molecule has 0 radical (unpaired) electrons. The largest absolute Gasteiger partial charge is 0.434 e. The maximum Gasteiger partial charge on any atom is 0.387 e. The van der Waals surface area contributed by atoms with Gasteiger partial charge in [0.1, 0.15) is 5.75 Å². The van der Waals surface area contributed by atoms with Crippen LogP contribution in [-0.4, -0.2) is 42.7 Å². The topological polar surface area (TPSA) is 49.8 Å². The molecule has 112 valence electrons. The fourth-order valence-corrected chi connectivity index (χ4v) is 1.79. The first-order valence-corrected chi connectivity index (χ1v) is 6.46. The minimum absolute atomic E-state index is 0.116. The Hall–Kier alpha value is -1.69. The molecule has 1 aromatic rings. The van der Waals surface area contributed by atoms with Gasteiger partial charge in [0.15, 0.2) is 0 Å². The molecule has 0 aliphatic carbocycles. The van der Waals surface area contributed by atoms with Crippen LogP contribution >= 0.6 is 0 Å². The zero-order valence-corrected chi connectivity index (χ0v) is 11.4. The number of para-hydroxylation sites is 1. The standard InChI is InChI=1S/C14H19F2NO3/c1-17(9-5-2-6-10-18)13(19)11-7-3-4-8-12(11)20-14(15)16/h3-4,7-8,14,18H,2,5-6,9-10H2,1H3. The van der Waals surface area contributed by atoms with Crippen molar-refractivity contribution in [3.05, 3.63) is 29.8 Å². The first-order valence-electron chi connectivity index (χ1n) is 6.46. The number of alkyl halides is 2. The number of rotatable bonds is 8. The van der Waals surface area contributed by atoms with Gasteiger partial charge >= 0.3 is 6.61 Å². The highest BCUT2D eigenvalue weighted by molar-refractivity contribution is 5.96. The lowest BCUT2D eigenvalue weighted by atomic mass is 10.1. The number of aliphatic hydroxyl groups is 1. The molecule has 0 heterocycles. The number of benzene rings is 1. The third-order valence-electron chi connectivity index (χ3n) is 2.83. The maximum atomic E-state index is 12.3. The van der Waals surface area contributed by atoms with E-state index in [2.05, 4.69) is 4.74 Å². The maximum absolute atomic E-state index is 12.3. The van der Waals surface area contributed by atoms with Gasteiger partial charge < -0.3 is 14.7 Å². The monoisotopic (exact) mass is 287 g/mol. The Bertz CT molecular complexity index is 427. The van der Waals surface area contributed by atoms with Gasteiger partial charge in [-0.25, -0.2) is 0 Å². The van der Waals surface area contributed by atoms with Crippen molar-refractivity contribution in [3.63, 3.8) is 0 Å². The fourth-order valence-electron chi connectivity index (χ4n) is 1.79. The molecule has 20 heavy (non-hydrogen) atoms. The van der Waals surface area contributed by atoms with Gasteiger partial charge in [0.25, 0.3) is 5.91 Å². The minimum Gasteiger partial charge on any atom is -0.434 e. The second-order valence-corrected chi connectivity index (χ2v) is 4.39. The van der Waals surface area contributed by atoms with Crippen molar-refractivity contribution in [3.8, 4) is 5.75 Å². The van der Waals surface area contributed by atoms with Crippen LogP contribution in [0.4, 0.5) is 8.78 Å². The van der Waals surface area contributed by atoms with Crippen LogP contribution in [0.2, 0.25) is 0 Å². The summed E-state index contributed by atoms with van der Waals surface area (Å²) in [6.07, 6.45) is 2.25. The second-order valence-electron chi connectivity index (χ2n) is 4.39. The summed E-state index contributed by atoms with van der Waals surface area (Å²) in [5.41, 5.74) is 0.123. The van der Waals surface area contributed by atoms with Crippen molar-refractivity contribution >= 4 is 5.91 Å². The smallest absolute Gasteiger partial charge is 0.387 e. The molecule has 0 aromatic heterocycles. The Morgan fingerprint density at radius 3 is 2.65 bits per heavy atom.